The van der Waals surface area contributed by atoms with Gasteiger partial charge in [0.1, 0.15) is 0 Å². The highest BCUT2D eigenvalue weighted by molar-refractivity contribution is 5.44. The van der Waals surface area contributed by atoms with Crippen LogP contribution in [0.1, 0.15) is 46.0 Å². The van der Waals surface area contributed by atoms with Crippen LogP contribution < -0.4 is 15.5 Å². The van der Waals surface area contributed by atoms with Crippen LogP contribution in [0.5, 0.6) is 0 Å². The minimum atomic E-state index is 0.425. The van der Waals surface area contributed by atoms with Crippen molar-refractivity contribution in [3.05, 3.63) is 0 Å². The van der Waals surface area contributed by atoms with Gasteiger partial charge in [0.05, 0.1) is 0 Å². The van der Waals surface area contributed by atoms with Crippen molar-refractivity contribution in [3.8, 4) is 0 Å². The van der Waals surface area contributed by atoms with Crippen LogP contribution in [0.4, 0.5) is 17.8 Å². The average Bonchev–Trinajstić information content (AvgIpc) is 3.08. The van der Waals surface area contributed by atoms with Crippen LogP contribution in [0.15, 0.2) is 0 Å². The molecule has 116 valence electrons. The summed E-state index contributed by atoms with van der Waals surface area (Å²) in [5.74, 6) is 2.15. The van der Waals surface area contributed by atoms with Gasteiger partial charge in [0.25, 0.3) is 0 Å². The predicted molar refractivity (Wildman–Crippen MR) is 85.9 cm³/mol. The number of hydrogen-bond acceptors (Lipinski definition) is 6. The van der Waals surface area contributed by atoms with E-state index in [-0.39, 0.29) is 0 Å². The summed E-state index contributed by atoms with van der Waals surface area (Å²) in [7, 11) is 1.85. The van der Waals surface area contributed by atoms with Gasteiger partial charge in [0, 0.05) is 26.2 Å². The van der Waals surface area contributed by atoms with Crippen molar-refractivity contribution in [2.24, 2.45) is 5.41 Å². The Morgan fingerprint density at radius 2 is 1.81 bits per heavy atom. The van der Waals surface area contributed by atoms with E-state index in [0.717, 1.165) is 19.0 Å². The Bertz CT molecular complexity index is 495. The molecule has 0 radical (unpaired) electrons. The molecule has 1 saturated heterocycles. The molecule has 0 spiro atoms. The Hall–Kier alpha value is -1.59. The molecule has 1 saturated carbocycles. The van der Waals surface area contributed by atoms with Gasteiger partial charge in [-0.2, -0.15) is 15.0 Å². The number of anilines is 3. The van der Waals surface area contributed by atoms with Crippen LogP contribution in [0.2, 0.25) is 0 Å². The molecule has 1 aliphatic carbocycles. The standard InChI is InChI=1S/C15H26N6/c1-15(2)7-6-11(10-15)17-13-18-12(16-3)19-14(20-13)21-8-4-5-9-21/h11H,4-10H2,1-3H3,(H2,16,17,18,19,20). The fourth-order valence-electron chi connectivity index (χ4n) is 3.34. The van der Waals surface area contributed by atoms with Crippen molar-refractivity contribution in [3.63, 3.8) is 0 Å². The van der Waals surface area contributed by atoms with Crippen molar-refractivity contribution in [2.45, 2.75) is 52.0 Å². The molecule has 21 heavy (non-hydrogen) atoms. The lowest BCUT2D eigenvalue weighted by Gasteiger charge is -2.20. The molecule has 1 aromatic rings. The van der Waals surface area contributed by atoms with Crippen LogP contribution in [-0.4, -0.2) is 41.1 Å². The van der Waals surface area contributed by atoms with Gasteiger partial charge >= 0.3 is 0 Å². The fraction of sp³-hybridized carbons (Fsp3) is 0.800. The van der Waals surface area contributed by atoms with E-state index in [0.29, 0.717) is 23.4 Å². The second kappa shape index (κ2) is 5.66. The lowest BCUT2D eigenvalue weighted by Crippen LogP contribution is -2.24. The molecule has 3 rings (SSSR count). The molecule has 2 aliphatic rings. The third-order valence-electron chi connectivity index (χ3n) is 4.54. The summed E-state index contributed by atoms with van der Waals surface area (Å²) < 4.78 is 0. The Morgan fingerprint density at radius 1 is 1.10 bits per heavy atom. The van der Waals surface area contributed by atoms with Crippen molar-refractivity contribution in [1.29, 1.82) is 0 Å². The number of nitrogens with one attached hydrogen (secondary N) is 2. The Labute approximate surface area is 126 Å². The van der Waals surface area contributed by atoms with Gasteiger partial charge < -0.3 is 15.5 Å². The van der Waals surface area contributed by atoms with Gasteiger partial charge in [-0.05, 0) is 37.5 Å². The molecule has 0 bridgehead atoms. The smallest absolute Gasteiger partial charge is 0.231 e. The summed E-state index contributed by atoms with van der Waals surface area (Å²) in [5, 5.41) is 6.55. The highest BCUT2D eigenvalue weighted by Crippen LogP contribution is 2.38. The van der Waals surface area contributed by atoms with Crippen LogP contribution in [0, 0.1) is 5.41 Å². The van der Waals surface area contributed by atoms with Crippen molar-refractivity contribution >= 4 is 17.8 Å². The van der Waals surface area contributed by atoms with Crippen LogP contribution in [0.3, 0.4) is 0 Å². The highest BCUT2D eigenvalue weighted by Gasteiger charge is 2.31. The maximum atomic E-state index is 4.63. The topological polar surface area (TPSA) is 66.0 Å². The molecular formula is C15H26N6. The Morgan fingerprint density at radius 3 is 2.43 bits per heavy atom. The molecule has 0 aromatic carbocycles. The predicted octanol–water partition coefficient (Wildman–Crippen LogP) is 2.50. The van der Waals surface area contributed by atoms with E-state index in [4.69, 9.17) is 0 Å². The lowest BCUT2D eigenvalue weighted by molar-refractivity contribution is 0.378. The minimum Gasteiger partial charge on any atom is -0.357 e. The van der Waals surface area contributed by atoms with E-state index in [1.165, 1.54) is 32.1 Å². The SMILES string of the molecule is CNc1nc(NC2CCC(C)(C)C2)nc(N2CCCC2)n1. The van der Waals surface area contributed by atoms with Gasteiger partial charge in [-0.15, -0.1) is 0 Å². The van der Waals surface area contributed by atoms with Crippen LogP contribution in [-0.2, 0) is 0 Å². The molecule has 6 nitrogen and oxygen atoms in total. The first-order valence-corrected chi connectivity index (χ1v) is 8.01. The first-order chi connectivity index (χ1) is 10.1. The molecule has 6 heteroatoms. The second-order valence-corrected chi connectivity index (χ2v) is 6.98. The number of rotatable bonds is 4. The average molecular weight is 290 g/mol. The third kappa shape index (κ3) is 3.36. The monoisotopic (exact) mass is 290 g/mol. The number of aromatic nitrogens is 3. The second-order valence-electron chi connectivity index (χ2n) is 6.98. The lowest BCUT2D eigenvalue weighted by atomic mass is 9.92. The molecule has 0 amide bonds. The molecule has 1 atom stereocenters. The Balaban J connectivity index is 1.76. The zero-order valence-corrected chi connectivity index (χ0v) is 13.3. The maximum Gasteiger partial charge on any atom is 0.231 e. The molecule has 1 aliphatic heterocycles. The van der Waals surface area contributed by atoms with Crippen molar-refractivity contribution < 1.29 is 0 Å². The molecular weight excluding hydrogens is 264 g/mol. The zero-order chi connectivity index (χ0) is 14.9. The Kier molecular flexibility index (Phi) is 3.87. The number of hydrogen-bond donors (Lipinski definition) is 2. The van der Waals surface area contributed by atoms with Gasteiger partial charge in [0.15, 0.2) is 0 Å². The molecule has 2 N–H and O–H groups in total. The fourth-order valence-corrected chi connectivity index (χ4v) is 3.34. The molecule has 2 heterocycles. The van der Waals surface area contributed by atoms with Crippen LogP contribution in [0.25, 0.3) is 0 Å². The highest BCUT2D eigenvalue weighted by atomic mass is 15.3. The molecule has 2 fully saturated rings. The van der Waals surface area contributed by atoms with E-state index >= 15 is 0 Å². The van der Waals surface area contributed by atoms with Crippen molar-refractivity contribution in [2.75, 3.05) is 35.7 Å². The van der Waals surface area contributed by atoms with Gasteiger partial charge in [-0.3, -0.25) is 0 Å². The molecule has 1 aromatic heterocycles. The summed E-state index contributed by atoms with van der Waals surface area (Å²) in [5.41, 5.74) is 0.425. The van der Waals surface area contributed by atoms with E-state index in [1.54, 1.807) is 0 Å². The third-order valence-corrected chi connectivity index (χ3v) is 4.54. The van der Waals surface area contributed by atoms with E-state index in [9.17, 15) is 0 Å². The normalized spacial score (nSPS) is 24.3. The minimum absolute atomic E-state index is 0.425. The van der Waals surface area contributed by atoms with Gasteiger partial charge in [-0.1, -0.05) is 13.8 Å². The first kappa shape index (κ1) is 14.4. The first-order valence-electron chi connectivity index (χ1n) is 8.01. The maximum absolute atomic E-state index is 4.63. The van der Waals surface area contributed by atoms with E-state index < -0.39 is 0 Å². The summed E-state index contributed by atoms with van der Waals surface area (Å²) >= 11 is 0. The van der Waals surface area contributed by atoms with Crippen molar-refractivity contribution in [1.82, 2.24) is 15.0 Å². The summed E-state index contributed by atoms with van der Waals surface area (Å²) in [6.45, 7) is 6.75. The van der Waals surface area contributed by atoms with E-state index in [1.807, 2.05) is 7.05 Å². The summed E-state index contributed by atoms with van der Waals surface area (Å²) in [4.78, 5) is 15.8. The summed E-state index contributed by atoms with van der Waals surface area (Å²) in [6.07, 6.45) is 6.06. The van der Waals surface area contributed by atoms with Crippen LogP contribution >= 0.6 is 0 Å². The number of nitrogens with zero attached hydrogens (tertiary/aromatic N) is 4. The zero-order valence-electron chi connectivity index (χ0n) is 13.3. The molecule has 1 unspecified atom stereocenters. The van der Waals surface area contributed by atoms with Gasteiger partial charge in [0.2, 0.25) is 17.8 Å². The van der Waals surface area contributed by atoms with Gasteiger partial charge in [-0.25, -0.2) is 0 Å². The van der Waals surface area contributed by atoms with E-state index in [2.05, 4.69) is 44.3 Å². The summed E-state index contributed by atoms with van der Waals surface area (Å²) in [6, 6.07) is 0.471. The quantitative estimate of drug-likeness (QED) is 0.888. The largest absolute Gasteiger partial charge is 0.357 e.